The van der Waals surface area contributed by atoms with Crippen molar-refractivity contribution < 1.29 is 9.59 Å². The van der Waals surface area contributed by atoms with Crippen LogP contribution in [0.4, 0.5) is 0 Å². The zero-order chi connectivity index (χ0) is 21.8. The number of likely N-dealkylation sites (tertiary alicyclic amines) is 1. The molecule has 31 heavy (non-hydrogen) atoms. The van der Waals surface area contributed by atoms with E-state index in [0.29, 0.717) is 32.4 Å². The lowest BCUT2D eigenvalue weighted by molar-refractivity contribution is -0.132. The summed E-state index contributed by atoms with van der Waals surface area (Å²) in [5, 5.41) is 4.94. The largest absolute Gasteiger partial charge is 0.359 e. The quantitative estimate of drug-likeness (QED) is 0.625. The van der Waals surface area contributed by atoms with Gasteiger partial charge in [0.2, 0.25) is 11.8 Å². The van der Waals surface area contributed by atoms with E-state index in [1.165, 1.54) is 10.4 Å². The summed E-state index contributed by atoms with van der Waals surface area (Å²) in [4.78, 5) is 29.2. The second-order valence-electron chi connectivity index (χ2n) is 8.40. The highest BCUT2D eigenvalue weighted by molar-refractivity contribution is 7.13. The van der Waals surface area contributed by atoms with Crippen LogP contribution in [0.1, 0.15) is 23.1 Å². The molecule has 0 aliphatic carbocycles. The summed E-state index contributed by atoms with van der Waals surface area (Å²) in [6, 6.07) is 20.5. The molecule has 2 amide bonds. The number of carbonyl (C=O) groups excluding carboxylic acids is 2. The molecule has 1 aromatic heterocycles. The smallest absolute Gasteiger partial charge is 0.228 e. The Morgan fingerprint density at radius 2 is 1.94 bits per heavy atom. The Morgan fingerprint density at radius 3 is 2.68 bits per heavy atom. The number of hydrogen-bond acceptors (Lipinski definition) is 3. The molecule has 1 saturated heterocycles. The number of thiophene rings is 1. The van der Waals surface area contributed by atoms with Crippen LogP contribution >= 0.6 is 11.3 Å². The van der Waals surface area contributed by atoms with E-state index in [9.17, 15) is 9.59 Å². The van der Waals surface area contributed by atoms with Gasteiger partial charge in [-0.25, -0.2) is 0 Å². The molecule has 1 aliphatic heterocycles. The average Bonchev–Trinajstić information content (AvgIpc) is 3.45. The van der Waals surface area contributed by atoms with E-state index in [-0.39, 0.29) is 11.8 Å². The second kappa shape index (κ2) is 9.06. The van der Waals surface area contributed by atoms with Gasteiger partial charge >= 0.3 is 0 Å². The average molecular weight is 433 g/mol. The Bertz CT molecular complexity index is 1080. The predicted molar refractivity (Wildman–Crippen MR) is 126 cm³/mol. The zero-order valence-electron chi connectivity index (χ0n) is 18.1. The highest BCUT2D eigenvalue weighted by atomic mass is 32.1. The van der Waals surface area contributed by atoms with E-state index in [1.807, 2.05) is 48.2 Å². The lowest BCUT2D eigenvalue weighted by atomic mass is 9.78. The van der Waals surface area contributed by atoms with E-state index in [1.54, 1.807) is 18.4 Å². The van der Waals surface area contributed by atoms with Crippen LogP contribution < -0.4 is 5.32 Å². The highest BCUT2D eigenvalue weighted by Crippen LogP contribution is 2.38. The van der Waals surface area contributed by atoms with Crippen molar-refractivity contribution in [3.05, 3.63) is 82.7 Å². The Kier molecular flexibility index (Phi) is 6.23. The number of rotatable bonds is 6. The summed E-state index contributed by atoms with van der Waals surface area (Å²) >= 11 is 1.70. The van der Waals surface area contributed by atoms with Crippen molar-refractivity contribution in [2.24, 2.45) is 5.41 Å². The summed E-state index contributed by atoms with van der Waals surface area (Å²) in [7, 11) is 1.69. The summed E-state index contributed by atoms with van der Waals surface area (Å²) in [6.07, 6.45) is 1.66. The maximum Gasteiger partial charge on any atom is 0.228 e. The van der Waals surface area contributed by atoms with Crippen molar-refractivity contribution in [2.75, 3.05) is 20.1 Å². The molecule has 1 aliphatic rings. The lowest BCUT2D eigenvalue weighted by Gasteiger charge is -2.28. The topological polar surface area (TPSA) is 49.4 Å². The van der Waals surface area contributed by atoms with E-state index in [0.717, 1.165) is 16.7 Å². The van der Waals surface area contributed by atoms with Crippen molar-refractivity contribution in [1.29, 1.82) is 0 Å². The minimum absolute atomic E-state index is 0.0133. The van der Waals surface area contributed by atoms with Crippen molar-refractivity contribution in [3.63, 3.8) is 0 Å². The lowest BCUT2D eigenvalue weighted by Crippen LogP contribution is -2.44. The second-order valence-corrected chi connectivity index (χ2v) is 9.35. The van der Waals surface area contributed by atoms with Gasteiger partial charge in [0, 0.05) is 25.0 Å². The summed E-state index contributed by atoms with van der Waals surface area (Å²) in [5.41, 5.74) is 3.89. The molecule has 4 rings (SSSR count). The number of aryl methyl sites for hydroxylation is 1. The van der Waals surface area contributed by atoms with Crippen LogP contribution in [0.3, 0.4) is 0 Å². The van der Waals surface area contributed by atoms with Crippen LogP contribution in [-0.4, -0.2) is 36.9 Å². The molecule has 5 heteroatoms. The van der Waals surface area contributed by atoms with Crippen molar-refractivity contribution in [1.82, 2.24) is 10.2 Å². The Labute approximate surface area is 187 Å². The van der Waals surface area contributed by atoms with Gasteiger partial charge in [-0.15, -0.1) is 11.3 Å². The fraction of sp³-hybridized carbons (Fsp3) is 0.308. The minimum atomic E-state index is -0.607. The molecule has 0 saturated carbocycles. The Morgan fingerprint density at radius 1 is 1.10 bits per heavy atom. The standard InChI is InChI=1S/C26H28N2O2S/c1-19-7-5-8-20(15-19)16-24(29)28-13-12-26(18-28,25(30)27-2)17-21-9-3-4-10-22(21)23-11-6-14-31-23/h3-11,14-15H,12-13,16-18H2,1-2H3,(H,27,30). The van der Waals surface area contributed by atoms with Gasteiger partial charge in [-0.2, -0.15) is 0 Å². The van der Waals surface area contributed by atoms with Gasteiger partial charge in [-0.1, -0.05) is 60.2 Å². The third-order valence-electron chi connectivity index (χ3n) is 6.19. The fourth-order valence-electron chi connectivity index (χ4n) is 4.58. The normalized spacial score (nSPS) is 18.2. The first kappa shape index (κ1) is 21.3. The minimum Gasteiger partial charge on any atom is -0.359 e. The molecule has 2 heterocycles. The first-order valence-electron chi connectivity index (χ1n) is 10.7. The first-order chi connectivity index (χ1) is 15.0. The molecule has 0 radical (unpaired) electrons. The van der Waals surface area contributed by atoms with Crippen molar-refractivity contribution in [3.8, 4) is 10.4 Å². The molecule has 1 N–H and O–H groups in total. The highest BCUT2D eigenvalue weighted by Gasteiger charge is 2.45. The summed E-state index contributed by atoms with van der Waals surface area (Å²) in [5.74, 6) is 0.0993. The zero-order valence-corrected chi connectivity index (χ0v) is 18.9. The van der Waals surface area contributed by atoms with E-state index in [4.69, 9.17) is 0 Å². The molecule has 1 fully saturated rings. The van der Waals surface area contributed by atoms with Crippen LogP contribution in [-0.2, 0) is 22.4 Å². The van der Waals surface area contributed by atoms with Crippen LogP contribution in [0, 0.1) is 12.3 Å². The molecular formula is C26H28N2O2S. The maximum atomic E-state index is 13.1. The van der Waals surface area contributed by atoms with Gasteiger partial charge in [0.15, 0.2) is 0 Å². The monoisotopic (exact) mass is 432 g/mol. The molecule has 3 aromatic rings. The van der Waals surface area contributed by atoms with Gasteiger partial charge in [0.05, 0.1) is 11.8 Å². The number of benzene rings is 2. The van der Waals surface area contributed by atoms with E-state index in [2.05, 4.69) is 35.0 Å². The number of carbonyl (C=O) groups is 2. The van der Waals surface area contributed by atoms with Gasteiger partial charge in [0.1, 0.15) is 0 Å². The molecular weight excluding hydrogens is 404 g/mol. The van der Waals surface area contributed by atoms with Crippen molar-refractivity contribution >= 4 is 23.2 Å². The van der Waals surface area contributed by atoms with Crippen LogP contribution in [0.25, 0.3) is 10.4 Å². The van der Waals surface area contributed by atoms with Gasteiger partial charge < -0.3 is 10.2 Å². The number of hydrogen-bond donors (Lipinski definition) is 1. The van der Waals surface area contributed by atoms with Gasteiger partial charge in [-0.3, -0.25) is 9.59 Å². The predicted octanol–water partition coefficient (Wildman–Crippen LogP) is 4.47. The number of nitrogens with zero attached hydrogens (tertiary/aromatic N) is 1. The Hall–Kier alpha value is -2.92. The maximum absolute atomic E-state index is 13.1. The van der Waals surface area contributed by atoms with E-state index >= 15 is 0 Å². The molecule has 160 valence electrons. The molecule has 1 atom stereocenters. The number of amides is 2. The van der Waals surface area contributed by atoms with Crippen molar-refractivity contribution in [2.45, 2.75) is 26.2 Å². The van der Waals surface area contributed by atoms with Gasteiger partial charge in [-0.05, 0) is 47.9 Å². The molecule has 0 spiro atoms. The Balaban J connectivity index is 1.56. The molecule has 1 unspecified atom stereocenters. The molecule has 4 nitrogen and oxygen atoms in total. The molecule has 0 bridgehead atoms. The van der Waals surface area contributed by atoms with Crippen LogP contribution in [0.15, 0.2) is 66.0 Å². The number of nitrogens with one attached hydrogen (secondary N) is 1. The van der Waals surface area contributed by atoms with Gasteiger partial charge in [0.25, 0.3) is 0 Å². The third kappa shape index (κ3) is 4.57. The fourth-order valence-corrected chi connectivity index (χ4v) is 5.37. The SMILES string of the molecule is CNC(=O)C1(Cc2ccccc2-c2cccs2)CCN(C(=O)Cc2cccc(C)c2)C1. The summed E-state index contributed by atoms with van der Waals surface area (Å²) < 4.78 is 0. The van der Waals surface area contributed by atoms with Crippen LogP contribution in [0.2, 0.25) is 0 Å². The van der Waals surface area contributed by atoms with Crippen LogP contribution in [0.5, 0.6) is 0 Å². The first-order valence-corrected chi connectivity index (χ1v) is 11.6. The van der Waals surface area contributed by atoms with E-state index < -0.39 is 5.41 Å². The molecule has 2 aromatic carbocycles. The third-order valence-corrected chi connectivity index (χ3v) is 7.09. The summed E-state index contributed by atoms with van der Waals surface area (Å²) in [6.45, 7) is 3.10.